The van der Waals surface area contributed by atoms with E-state index in [4.69, 9.17) is 16.8 Å². The average molecular weight is 403 g/mol. The van der Waals surface area contributed by atoms with Gasteiger partial charge in [0.2, 0.25) is 0 Å². The summed E-state index contributed by atoms with van der Waals surface area (Å²) in [4.78, 5) is 10.6. The molecule has 0 radical (unpaired) electrons. The van der Waals surface area contributed by atoms with E-state index in [0.717, 1.165) is 35.3 Å². The third kappa shape index (κ3) is 12.8. The van der Waals surface area contributed by atoms with Gasteiger partial charge in [-0.1, -0.05) is 25.2 Å². The topological polar surface area (TPSA) is 112 Å². The summed E-state index contributed by atoms with van der Waals surface area (Å²) in [6.07, 6.45) is 5.18. The molecule has 0 aliphatic heterocycles. The van der Waals surface area contributed by atoms with Crippen molar-refractivity contribution in [3.8, 4) is 59.2 Å². The Bertz CT molecular complexity index is 1140. The number of benzene rings is 1. The van der Waals surface area contributed by atoms with E-state index in [1.54, 1.807) is 18.8 Å². The Hall–Kier alpha value is -4.53. The van der Waals surface area contributed by atoms with Crippen LogP contribution >= 0.6 is 0 Å². The van der Waals surface area contributed by atoms with Crippen LogP contribution in [-0.2, 0) is 6.42 Å². The summed E-state index contributed by atoms with van der Waals surface area (Å²) in [5, 5.41) is 0. The van der Waals surface area contributed by atoms with Crippen LogP contribution in [0.4, 0.5) is 5.69 Å². The van der Waals surface area contributed by atoms with Crippen LogP contribution in [0.25, 0.3) is 21.5 Å². The minimum atomic E-state index is 0. The molecular formula is C24H30N6. The zero-order valence-corrected chi connectivity index (χ0v) is 17.3. The number of hydrogen-bond acceptors (Lipinski definition) is 4. The molecule has 0 fully saturated rings. The third-order valence-corrected chi connectivity index (χ3v) is 3.09. The number of nitrogen functional groups attached to an aromatic ring is 1. The lowest BCUT2D eigenvalue weighted by molar-refractivity contribution is 0.776. The minimum Gasteiger partial charge on any atom is -0.399 e. The first-order chi connectivity index (χ1) is 14.6. The molecule has 0 amide bonds. The second-order valence-electron chi connectivity index (χ2n) is 5.31. The number of nitrogens with two attached hydrogens (primary N) is 1. The Morgan fingerprint density at radius 1 is 1.00 bits per heavy atom. The Morgan fingerprint density at radius 2 is 1.53 bits per heavy atom. The quantitative estimate of drug-likeness (QED) is 0.234. The highest BCUT2D eigenvalue weighted by molar-refractivity contribution is 5.77. The van der Waals surface area contributed by atoms with Crippen LogP contribution in [0.15, 0.2) is 24.4 Å². The molecule has 0 aliphatic carbocycles. The van der Waals surface area contributed by atoms with Crippen molar-refractivity contribution in [1.29, 1.82) is 5.53 Å². The zero-order chi connectivity index (χ0) is 22.5. The van der Waals surface area contributed by atoms with Gasteiger partial charge in [0.15, 0.2) is 0 Å². The molecule has 2 rings (SSSR count). The first-order valence-corrected chi connectivity index (χ1v) is 8.98. The van der Waals surface area contributed by atoms with E-state index in [9.17, 15) is 0 Å². The average Bonchev–Trinajstić information content (AvgIpc) is 2.75. The van der Waals surface area contributed by atoms with Crippen molar-refractivity contribution in [2.75, 3.05) is 5.73 Å². The van der Waals surface area contributed by atoms with Gasteiger partial charge in [0, 0.05) is 17.6 Å². The van der Waals surface area contributed by atoms with Gasteiger partial charge in [0.05, 0.1) is 16.7 Å². The van der Waals surface area contributed by atoms with Crippen molar-refractivity contribution in [2.45, 2.75) is 40.0 Å². The van der Waals surface area contributed by atoms with Crippen molar-refractivity contribution in [1.82, 2.24) is 9.97 Å². The fraction of sp³-hybridized carbons (Fsp3) is 0.250. The molecule has 30 heavy (non-hydrogen) atoms. The first kappa shape index (κ1) is 25.5. The third-order valence-electron chi connectivity index (χ3n) is 3.09. The normalized spacial score (nSPS) is 7.17. The second-order valence-corrected chi connectivity index (χ2v) is 5.31. The number of aromatic nitrogens is 2. The predicted octanol–water partition coefficient (Wildman–Crippen LogP) is 5.46. The lowest BCUT2D eigenvalue weighted by Gasteiger charge is -2.02. The monoisotopic (exact) mass is 402 g/mol. The number of nitrogens with zero attached hydrogens (tertiary/aromatic N) is 4. The van der Waals surface area contributed by atoms with Gasteiger partial charge in [-0.05, 0) is 103 Å². The molecule has 156 valence electrons. The van der Waals surface area contributed by atoms with E-state index in [-0.39, 0.29) is 5.71 Å². The molecular weight excluding hydrogens is 372 g/mol. The molecule has 0 unspecified atom stereocenters. The number of nitrogens with one attached hydrogen (secondary N) is 1. The molecule has 6 heteroatoms. The van der Waals surface area contributed by atoms with Crippen LogP contribution in [0.1, 0.15) is 45.0 Å². The molecule has 0 saturated heterocycles. The molecule has 2 aromatic rings. The van der Waals surface area contributed by atoms with E-state index in [1.165, 1.54) is 6.42 Å². The minimum absolute atomic E-state index is 0. The van der Waals surface area contributed by atoms with Gasteiger partial charge in [-0.25, -0.2) is 4.98 Å². The fourth-order valence-corrected chi connectivity index (χ4v) is 1.86. The summed E-state index contributed by atoms with van der Waals surface area (Å²) in [6, 6.07) is 5.63. The number of fused-ring (bicyclic) bond motifs is 1. The van der Waals surface area contributed by atoms with E-state index in [1.807, 2.05) is 24.4 Å². The Balaban J connectivity index is -0.000000136. The van der Waals surface area contributed by atoms with Gasteiger partial charge in [-0.2, -0.15) is 0 Å². The SMILES string of the molecule is CC#CC#CC#CC#CC#CC.CCCCc1cnc2ccc(N)cc2n1.[HH].[HH].[HH].[HH].[N-]=[N+]=N. The molecule has 1 aromatic carbocycles. The van der Waals surface area contributed by atoms with E-state index >= 15 is 0 Å². The molecule has 0 spiro atoms. The summed E-state index contributed by atoms with van der Waals surface area (Å²) in [5.74, 6) is 25.6. The van der Waals surface area contributed by atoms with Crippen molar-refractivity contribution >= 4 is 16.7 Å². The summed E-state index contributed by atoms with van der Waals surface area (Å²) >= 11 is 0. The maximum atomic E-state index is 6.86. The maximum absolute atomic E-state index is 6.86. The van der Waals surface area contributed by atoms with Crippen LogP contribution in [0.5, 0.6) is 0 Å². The predicted molar refractivity (Wildman–Crippen MR) is 131 cm³/mol. The molecule has 0 bridgehead atoms. The molecule has 0 atom stereocenters. The lowest BCUT2D eigenvalue weighted by Crippen LogP contribution is -1.94. The smallest absolute Gasteiger partial charge is 0.0910 e. The van der Waals surface area contributed by atoms with Crippen molar-refractivity contribution in [2.24, 2.45) is 0 Å². The largest absolute Gasteiger partial charge is 0.399 e. The van der Waals surface area contributed by atoms with Gasteiger partial charge in [-0.15, -0.1) is 5.53 Å². The Labute approximate surface area is 184 Å². The van der Waals surface area contributed by atoms with Gasteiger partial charge in [0.1, 0.15) is 0 Å². The molecule has 0 aliphatic rings. The number of hydrogen-bond donors (Lipinski definition) is 2. The van der Waals surface area contributed by atoms with Crippen LogP contribution in [0.2, 0.25) is 0 Å². The van der Waals surface area contributed by atoms with Crippen molar-refractivity contribution in [3.05, 3.63) is 40.5 Å². The number of unbranched alkanes of at least 4 members (excludes halogenated alkanes) is 1. The second kappa shape index (κ2) is 17.9. The summed E-state index contributed by atoms with van der Waals surface area (Å²) in [6.45, 7) is 5.62. The standard InChI is InChI=1S/C12H15N3.C12H6.HN3.4H2/c1-2-3-4-10-8-14-11-6-5-9(13)7-12(11)15-10;1-3-5-7-9-11-12-10-8-6-4-2;1-3-2;;;;/h5-8H,2-4,13H2,1H3;1-2H3;1H;4*1H. The first-order valence-electron chi connectivity index (χ1n) is 8.98. The Kier molecular flexibility index (Phi) is 15.2. The number of aryl methyl sites for hydroxylation is 1. The number of anilines is 1. The van der Waals surface area contributed by atoms with E-state index in [2.05, 4.69) is 76.1 Å². The van der Waals surface area contributed by atoms with Gasteiger partial charge >= 0.3 is 0 Å². The zero-order valence-electron chi connectivity index (χ0n) is 17.3. The highest BCUT2D eigenvalue weighted by atomic mass is 15.0. The molecule has 3 N–H and O–H groups in total. The lowest BCUT2D eigenvalue weighted by atomic mass is 10.2. The van der Waals surface area contributed by atoms with Crippen molar-refractivity contribution < 1.29 is 5.71 Å². The van der Waals surface area contributed by atoms with E-state index < -0.39 is 0 Å². The summed E-state index contributed by atoms with van der Waals surface area (Å²) < 4.78 is 0. The molecule has 1 heterocycles. The number of rotatable bonds is 3. The summed E-state index contributed by atoms with van der Waals surface area (Å²) in [7, 11) is 0. The van der Waals surface area contributed by atoms with Gasteiger partial charge in [0.25, 0.3) is 0 Å². The van der Waals surface area contributed by atoms with E-state index in [0.29, 0.717) is 0 Å². The van der Waals surface area contributed by atoms with Crippen LogP contribution in [0, 0.1) is 64.7 Å². The fourth-order valence-electron chi connectivity index (χ4n) is 1.86. The Morgan fingerprint density at radius 3 is 2.03 bits per heavy atom. The molecule has 1 aromatic heterocycles. The van der Waals surface area contributed by atoms with Crippen LogP contribution < -0.4 is 5.73 Å². The molecule has 0 saturated carbocycles. The highest BCUT2D eigenvalue weighted by Gasteiger charge is 1.99. The van der Waals surface area contributed by atoms with Gasteiger partial charge < -0.3 is 5.73 Å². The maximum Gasteiger partial charge on any atom is 0.0910 e. The van der Waals surface area contributed by atoms with Crippen LogP contribution in [0.3, 0.4) is 0 Å². The van der Waals surface area contributed by atoms with Crippen molar-refractivity contribution in [3.63, 3.8) is 0 Å². The highest BCUT2D eigenvalue weighted by Crippen LogP contribution is 2.14. The van der Waals surface area contributed by atoms with Gasteiger partial charge in [-0.3, -0.25) is 4.98 Å². The molecule has 6 nitrogen and oxygen atoms in total. The van der Waals surface area contributed by atoms with Crippen LogP contribution in [-0.4, -0.2) is 9.97 Å². The summed E-state index contributed by atoms with van der Waals surface area (Å²) in [5.41, 5.74) is 21.5.